The topological polar surface area (TPSA) is 72.3 Å². The van der Waals surface area contributed by atoms with Gasteiger partial charge in [0.15, 0.2) is 5.60 Å². The number of anilines is 2. The average Bonchev–Trinajstić information content (AvgIpc) is 2.42. The van der Waals surface area contributed by atoms with Crippen LogP contribution in [0.2, 0.25) is 0 Å². The maximum atomic E-state index is 13.0. The van der Waals surface area contributed by atoms with E-state index >= 15 is 0 Å². The van der Waals surface area contributed by atoms with Crippen molar-refractivity contribution in [2.45, 2.75) is 25.1 Å². The molecule has 0 aliphatic rings. The van der Waals surface area contributed by atoms with Gasteiger partial charge in [-0.25, -0.2) is 0 Å². The van der Waals surface area contributed by atoms with E-state index in [0.717, 1.165) is 5.56 Å². The summed E-state index contributed by atoms with van der Waals surface area (Å²) in [5, 5.41) is 9.81. The van der Waals surface area contributed by atoms with Crippen LogP contribution < -0.4 is 11.5 Å². The maximum Gasteiger partial charge on any atom is 0.421 e. The molecule has 0 saturated carbocycles. The summed E-state index contributed by atoms with van der Waals surface area (Å²) in [5.74, 6) is 0. The normalized spacial score (nSPS) is 14.6. The Morgan fingerprint density at radius 1 is 0.955 bits per heavy atom. The Morgan fingerprint density at radius 3 is 2.05 bits per heavy atom. The zero-order valence-corrected chi connectivity index (χ0v) is 12.0. The summed E-state index contributed by atoms with van der Waals surface area (Å²) in [5.41, 5.74) is 9.91. The second-order valence-corrected chi connectivity index (χ2v) is 5.41. The van der Waals surface area contributed by atoms with Crippen LogP contribution in [-0.2, 0) is 12.0 Å². The molecule has 118 valence electrons. The van der Waals surface area contributed by atoms with Crippen molar-refractivity contribution in [1.82, 2.24) is 0 Å². The van der Waals surface area contributed by atoms with Crippen molar-refractivity contribution in [2.24, 2.45) is 0 Å². The monoisotopic (exact) mass is 310 g/mol. The van der Waals surface area contributed by atoms with E-state index in [-0.39, 0.29) is 11.3 Å². The van der Waals surface area contributed by atoms with E-state index in [1.807, 2.05) is 0 Å². The molecule has 0 spiro atoms. The highest BCUT2D eigenvalue weighted by molar-refractivity contribution is 5.53. The summed E-state index contributed by atoms with van der Waals surface area (Å²) in [7, 11) is 0. The van der Waals surface area contributed by atoms with Gasteiger partial charge in [-0.1, -0.05) is 24.3 Å². The molecule has 0 amide bonds. The van der Waals surface area contributed by atoms with Gasteiger partial charge in [-0.2, -0.15) is 13.2 Å². The van der Waals surface area contributed by atoms with Gasteiger partial charge in [0.1, 0.15) is 0 Å². The Balaban J connectivity index is 2.37. The fourth-order valence-electron chi connectivity index (χ4n) is 2.16. The Kier molecular flexibility index (Phi) is 4.06. The lowest BCUT2D eigenvalue weighted by molar-refractivity contribution is -0.258. The highest BCUT2D eigenvalue weighted by Gasteiger charge is 2.52. The van der Waals surface area contributed by atoms with E-state index in [0.29, 0.717) is 24.6 Å². The summed E-state index contributed by atoms with van der Waals surface area (Å²) in [6, 6.07) is 11.3. The molecule has 1 unspecified atom stereocenters. The average molecular weight is 310 g/mol. The standard InChI is InChI=1S/C16H17F3N2O/c1-15(22,16(17,18)19)13-9-11(4-7-14(13)21)8-10-2-5-12(20)6-3-10/h2-7,9,22H,8,20-21H2,1H3. The van der Waals surface area contributed by atoms with Crippen LogP contribution in [0, 0.1) is 0 Å². The lowest BCUT2D eigenvalue weighted by Crippen LogP contribution is -2.39. The van der Waals surface area contributed by atoms with Gasteiger partial charge in [0.2, 0.25) is 0 Å². The first-order valence-corrected chi connectivity index (χ1v) is 6.63. The predicted octanol–water partition coefficient (Wildman–Crippen LogP) is 3.21. The number of halogens is 3. The largest absolute Gasteiger partial charge is 0.421 e. The second-order valence-electron chi connectivity index (χ2n) is 5.41. The van der Waals surface area contributed by atoms with E-state index in [9.17, 15) is 18.3 Å². The third-order valence-electron chi connectivity index (χ3n) is 3.58. The molecule has 0 aromatic heterocycles. The first-order valence-electron chi connectivity index (χ1n) is 6.63. The van der Waals surface area contributed by atoms with Gasteiger partial charge in [-0.15, -0.1) is 0 Å². The molecular formula is C16H17F3N2O. The van der Waals surface area contributed by atoms with Crippen LogP contribution in [0.15, 0.2) is 42.5 Å². The molecule has 3 nitrogen and oxygen atoms in total. The number of alkyl halides is 3. The Labute approximate surface area is 126 Å². The van der Waals surface area contributed by atoms with Crippen molar-refractivity contribution in [3.05, 3.63) is 59.2 Å². The van der Waals surface area contributed by atoms with Gasteiger partial charge >= 0.3 is 6.18 Å². The zero-order valence-electron chi connectivity index (χ0n) is 12.0. The first kappa shape index (κ1) is 16.2. The number of hydrogen-bond donors (Lipinski definition) is 3. The molecule has 0 bridgehead atoms. The fraction of sp³-hybridized carbons (Fsp3) is 0.250. The predicted molar refractivity (Wildman–Crippen MR) is 80.1 cm³/mol. The Hall–Kier alpha value is -2.21. The first-order chi connectivity index (χ1) is 10.1. The lowest BCUT2D eigenvalue weighted by atomic mass is 9.91. The minimum Gasteiger partial charge on any atom is -0.399 e. The Bertz CT molecular complexity index is 664. The quantitative estimate of drug-likeness (QED) is 0.762. The molecule has 2 rings (SSSR count). The van der Waals surface area contributed by atoms with Crippen molar-refractivity contribution in [3.63, 3.8) is 0 Å². The summed E-state index contributed by atoms with van der Waals surface area (Å²) in [6.45, 7) is 0.700. The van der Waals surface area contributed by atoms with E-state index in [1.54, 1.807) is 30.3 Å². The molecule has 0 aliphatic heterocycles. The van der Waals surface area contributed by atoms with Gasteiger partial charge in [-0.3, -0.25) is 0 Å². The summed E-state index contributed by atoms with van der Waals surface area (Å²) >= 11 is 0. The minimum absolute atomic E-state index is 0.0941. The van der Waals surface area contributed by atoms with Gasteiger partial charge in [0.05, 0.1) is 0 Å². The second kappa shape index (κ2) is 5.53. The zero-order chi connectivity index (χ0) is 16.5. The molecule has 22 heavy (non-hydrogen) atoms. The maximum absolute atomic E-state index is 13.0. The smallest absolute Gasteiger partial charge is 0.399 e. The van der Waals surface area contributed by atoms with Gasteiger partial charge < -0.3 is 16.6 Å². The number of hydrogen-bond acceptors (Lipinski definition) is 3. The number of rotatable bonds is 3. The van der Waals surface area contributed by atoms with Crippen LogP contribution in [0.4, 0.5) is 24.5 Å². The minimum atomic E-state index is -4.80. The molecule has 6 heteroatoms. The van der Waals surface area contributed by atoms with Gasteiger partial charge in [0.25, 0.3) is 0 Å². The Morgan fingerprint density at radius 2 is 1.50 bits per heavy atom. The highest BCUT2D eigenvalue weighted by Crippen LogP contribution is 2.41. The number of nitrogens with two attached hydrogens (primary N) is 2. The van der Waals surface area contributed by atoms with Crippen LogP contribution in [0.3, 0.4) is 0 Å². The van der Waals surface area contributed by atoms with E-state index in [2.05, 4.69) is 0 Å². The molecule has 0 aliphatic carbocycles. The van der Waals surface area contributed by atoms with Crippen molar-refractivity contribution < 1.29 is 18.3 Å². The van der Waals surface area contributed by atoms with Gasteiger partial charge in [0, 0.05) is 16.9 Å². The van der Waals surface area contributed by atoms with E-state index < -0.39 is 11.8 Å². The fourth-order valence-corrected chi connectivity index (χ4v) is 2.16. The van der Waals surface area contributed by atoms with Crippen molar-refractivity contribution in [1.29, 1.82) is 0 Å². The van der Waals surface area contributed by atoms with Crippen LogP contribution in [0.25, 0.3) is 0 Å². The molecule has 0 saturated heterocycles. The molecule has 5 N–H and O–H groups in total. The molecular weight excluding hydrogens is 293 g/mol. The number of aliphatic hydroxyl groups is 1. The van der Waals surface area contributed by atoms with Crippen LogP contribution in [-0.4, -0.2) is 11.3 Å². The molecule has 0 fully saturated rings. The van der Waals surface area contributed by atoms with Crippen molar-refractivity contribution >= 4 is 11.4 Å². The SMILES string of the molecule is CC(O)(c1cc(Cc2ccc(N)cc2)ccc1N)C(F)(F)F. The van der Waals surface area contributed by atoms with Crippen LogP contribution >= 0.6 is 0 Å². The molecule has 1 atom stereocenters. The van der Waals surface area contributed by atoms with Crippen molar-refractivity contribution in [3.8, 4) is 0 Å². The van der Waals surface area contributed by atoms with E-state index in [1.165, 1.54) is 12.1 Å². The molecule has 0 radical (unpaired) electrons. The summed E-state index contributed by atoms with van der Waals surface area (Å²) in [6.07, 6.45) is -4.39. The lowest BCUT2D eigenvalue weighted by Gasteiger charge is -2.28. The third-order valence-corrected chi connectivity index (χ3v) is 3.58. The number of nitrogen functional groups attached to an aromatic ring is 2. The molecule has 2 aromatic carbocycles. The third kappa shape index (κ3) is 3.17. The van der Waals surface area contributed by atoms with Crippen molar-refractivity contribution in [2.75, 3.05) is 11.5 Å². The van der Waals surface area contributed by atoms with Crippen LogP contribution in [0.5, 0.6) is 0 Å². The van der Waals surface area contributed by atoms with Gasteiger partial charge in [-0.05, 0) is 42.7 Å². The van der Waals surface area contributed by atoms with E-state index in [4.69, 9.17) is 11.5 Å². The summed E-state index contributed by atoms with van der Waals surface area (Å²) in [4.78, 5) is 0. The highest BCUT2D eigenvalue weighted by atomic mass is 19.4. The molecule has 0 heterocycles. The summed E-state index contributed by atoms with van der Waals surface area (Å²) < 4.78 is 38.9. The molecule has 2 aromatic rings. The number of benzene rings is 2. The van der Waals surface area contributed by atoms with Crippen LogP contribution in [0.1, 0.15) is 23.6 Å².